The van der Waals surface area contributed by atoms with Crippen LogP contribution in [0.4, 0.5) is 4.39 Å². The lowest BCUT2D eigenvalue weighted by molar-refractivity contribution is 0.0537. The first-order valence-electron chi connectivity index (χ1n) is 9.36. The molecule has 0 spiro atoms. The van der Waals surface area contributed by atoms with Gasteiger partial charge in [0, 0.05) is 42.8 Å². The first-order chi connectivity index (χ1) is 11.1. The summed E-state index contributed by atoms with van der Waals surface area (Å²) in [5.41, 5.74) is -0.198. The van der Waals surface area contributed by atoms with E-state index in [4.69, 9.17) is 0 Å². The molecule has 2 fully saturated rings. The van der Waals surface area contributed by atoms with Gasteiger partial charge in [-0.2, -0.15) is 0 Å². The Kier molecular flexibility index (Phi) is 6.65. The minimum Gasteiger partial charge on any atom is -0.390 e. The van der Waals surface area contributed by atoms with E-state index in [1.165, 1.54) is 0 Å². The summed E-state index contributed by atoms with van der Waals surface area (Å²) < 4.78 is 14.6. The number of hydrogen-bond donors (Lipinski definition) is 4. The lowest BCUT2D eigenvalue weighted by Crippen LogP contribution is -2.62. The Morgan fingerprint density at radius 3 is 2.42 bits per heavy atom. The molecule has 4 atom stereocenters. The average molecular weight is 345 g/mol. The van der Waals surface area contributed by atoms with E-state index >= 15 is 0 Å². The van der Waals surface area contributed by atoms with Crippen molar-refractivity contribution in [1.82, 2.24) is 20.9 Å². The number of likely N-dealkylation sites (tertiary alicyclic amines) is 1. The molecule has 2 aliphatic rings. The first kappa shape index (κ1) is 20.0. The Morgan fingerprint density at radius 2 is 1.83 bits per heavy atom. The van der Waals surface area contributed by atoms with Gasteiger partial charge in [0.1, 0.15) is 6.17 Å². The molecule has 6 heteroatoms. The third-order valence-corrected chi connectivity index (χ3v) is 4.89. The van der Waals surface area contributed by atoms with Crippen molar-refractivity contribution >= 4 is 0 Å². The van der Waals surface area contributed by atoms with Crippen LogP contribution in [0, 0.1) is 0 Å². The molecule has 5 nitrogen and oxygen atoms in total. The molecule has 4 N–H and O–H groups in total. The van der Waals surface area contributed by atoms with Crippen LogP contribution >= 0.6 is 0 Å². The zero-order valence-corrected chi connectivity index (χ0v) is 16.0. The largest absolute Gasteiger partial charge is 0.390 e. The molecule has 0 aromatic rings. The van der Waals surface area contributed by atoms with Crippen molar-refractivity contribution in [3.8, 4) is 0 Å². The molecule has 0 amide bonds. The van der Waals surface area contributed by atoms with Gasteiger partial charge in [0.15, 0.2) is 0 Å². The van der Waals surface area contributed by atoms with Gasteiger partial charge in [-0.05, 0) is 60.5 Å². The van der Waals surface area contributed by atoms with Gasteiger partial charge in [-0.25, -0.2) is 4.39 Å². The second kappa shape index (κ2) is 7.96. The van der Waals surface area contributed by atoms with Gasteiger partial charge >= 0.3 is 0 Å². The number of piperidine rings is 2. The summed E-state index contributed by atoms with van der Waals surface area (Å²) >= 11 is 0. The zero-order chi connectivity index (χ0) is 18.0. The minimum atomic E-state index is -0.835. The highest BCUT2D eigenvalue weighted by Gasteiger charge is 2.35. The van der Waals surface area contributed by atoms with Crippen LogP contribution in [0.3, 0.4) is 0 Å². The monoisotopic (exact) mass is 344 g/mol. The second-order valence-electron chi connectivity index (χ2n) is 9.24. The standard InChI is InChI=1S/C18H37FN4O/c1-17(2,3)21-14-7-9-23(11-13(14)19)12-18(4,5)22-15-6-8-20-10-16(15)24/h13-16,20-22,24H,6-12H2,1-5H3/t13-,14+,15+,16+/m0/s1. The smallest absolute Gasteiger partial charge is 0.128 e. The Morgan fingerprint density at radius 1 is 1.12 bits per heavy atom. The SMILES string of the molecule is CC(C)(C)N[C@@H]1CCN(CC(C)(C)N[C@@H]2CCNC[C@H]2O)C[C@@H]1F. The van der Waals surface area contributed by atoms with E-state index in [0.29, 0.717) is 13.1 Å². The van der Waals surface area contributed by atoms with Crippen LogP contribution in [0.15, 0.2) is 0 Å². The molecule has 142 valence electrons. The van der Waals surface area contributed by atoms with Gasteiger partial charge in [0.25, 0.3) is 0 Å². The van der Waals surface area contributed by atoms with Gasteiger partial charge in [-0.15, -0.1) is 0 Å². The number of β-amino-alcohol motifs (C(OH)–C–C–N with tert-alkyl or cyclic N) is 1. The van der Waals surface area contributed by atoms with E-state index in [9.17, 15) is 9.50 Å². The first-order valence-corrected chi connectivity index (χ1v) is 9.36. The van der Waals surface area contributed by atoms with Gasteiger partial charge in [0.2, 0.25) is 0 Å². The van der Waals surface area contributed by atoms with Crippen molar-refractivity contribution < 1.29 is 9.50 Å². The van der Waals surface area contributed by atoms with E-state index in [-0.39, 0.29) is 29.3 Å². The van der Waals surface area contributed by atoms with Crippen LogP contribution in [0.1, 0.15) is 47.5 Å². The molecule has 0 bridgehead atoms. The van der Waals surface area contributed by atoms with Crippen molar-refractivity contribution in [2.24, 2.45) is 0 Å². The number of nitrogens with one attached hydrogen (secondary N) is 3. The maximum atomic E-state index is 14.6. The summed E-state index contributed by atoms with van der Waals surface area (Å²) in [6, 6.07) is 0.0612. The fourth-order valence-electron chi connectivity index (χ4n) is 3.95. The molecule has 2 rings (SSSR count). The molecular formula is C18H37FN4O. The number of rotatable bonds is 5. The van der Waals surface area contributed by atoms with Crippen LogP contribution in [-0.4, -0.2) is 78.2 Å². The lowest BCUT2D eigenvalue weighted by Gasteiger charge is -2.43. The summed E-state index contributed by atoms with van der Waals surface area (Å²) in [4.78, 5) is 2.21. The molecule has 24 heavy (non-hydrogen) atoms. The van der Waals surface area contributed by atoms with Gasteiger partial charge in [-0.1, -0.05) is 0 Å². The Bertz CT molecular complexity index is 399. The number of aliphatic hydroxyl groups is 1. The molecule has 0 saturated carbocycles. The van der Waals surface area contributed by atoms with Gasteiger partial charge in [0.05, 0.1) is 6.10 Å². The number of alkyl halides is 1. The molecular weight excluding hydrogens is 307 g/mol. The lowest BCUT2D eigenvalue weighted by atomic mass is 9.94. The maximum absolute atomic E-state index is 14.6. The van der Waals surface area contributed by atoms with Crippen LogP contribution < -0.4 is 16.0 Å². The van der Waals surface area contributed by atoms with Crippen LogP contribution in [0.25, 0.3) is 0 Å². The molecule has 0 aromatic heterocycles. The normalized spacial score (nSPS) is 33.6. The van der Waals surface area contributed by atoms with Gasteiger partial charge in [-0.3, -0.25) is 4.90 Å². The molecule has 2 aliphatic heterocycles. The fraction of sp³-hybridized carbons (Fsp3) is 1.00. The highest BCUT2D eigenvalue weighted by molar-refractivity contribution is 4.95. The maximum Gasteiger partial charge on any atom is 0.128 e. The van der Waals surface area contributed by atoms with Gasteiger partial charge < -0.3 is 21.1 Å². The summed E-state index contributed by atoms with van der Waals surface area (Å²) in [5.74, 6) is 0. The third kappa shape index (κ3) is 6.23. The van der Waals surface area contributed by atoms with Crippen molar-refractivity contribution in [2.75, 3.05) is 32.7 Å². The quantitative estimate of drug-likeness (QED) is 0.596. The minimum absolute atomic E-state index is 0.0523. The highest BCUT2D eigenvalue weighted by Crippen LogP contribution is 2.20. The van der Waals surface area contributed by atoms with Crippen molar-refractivity contribution in [3.63, 3.8) is 0 Å². The summed E-state index contributed by atoms with van der Waals surface area (Å²) in [7, 11) is 0. The second-order valence-corrected chi connectivity index (χ2v) is 9.24. The molecule has 2 heterocycles. The van der Waals surface area contributed by atoms with Crippen LogP contribution in [0.5, 0.6) is 0 Å². The van der Waals surface area contributed by atoms with Crippen LogP contribution in [0.2, 0.25) is 0 Å². The van der Waals surface area contributed by atoms with E-state index in [2.05, 4.69) is 55.5 Å². The molecule has 0 unspecified atom stereocenters. The summed E-state index contributed by atoms with van der Waals surface area (Å²) in [6.45, 7) is 14.3. The highest BCUT2D eigenvalue weighted by atomic mass is 19.1. The van der Waals surface area contributed by atoms with Crippen LogP contribution in [-0.2, 0) is 0 Å². The molecule has 2 saturated heterocycles. The number of hydrogen-bond acceptors (Lipinski definition) is 5. The topological polar surface area (TPSA) is 59.6 Å². The predicted octanol–water partition coefficient (Wildman–Crippen LogP) is 0.878. The average Bonchev–Trinajstić information content (AvgIpc) is 2.42. The predicted molar refractivity (Wildman–Crippen MR) is 97.1 cm³/mol. The van der Waals surface area contributed by atoms with E-state index < -0.39 is 6.17 Å². The number of aliphatic hydroxyl groups excluding tert-OH is 1. The summed E-state index contributed by atoms with van der Waals surface area (Å²) in [6.07, 6.45) is 0.574. The fourth-order valence-corrected chi connectivity index (χ4v) is 3.95. The van der Waals surface area contributed by atoms with E-state index in [1.54, 1.807) is 0 Å². The molecule has 0 aromatic carbocycles. The van der Waals surface area contributed by atoms with Crippen molar-refractivity contribution in [1.29, 1.82) is 0 Å². The summed E-state index contributed by atoms with van der Waals surface area (Å²) in [5, 5.41) is 20.3. The number of halogens is 1. The Hall–Kier alpha value is -0.270. The van der Waals surface area contributed by atoms with Crippen molar-refractivity contribution in [3.05, 3.63) is 0 Å². The Balaban J connectivity index is 1.82. The zero-order valence-electron chi connectivity index (χ0n) is 16.0. The number of nitrogens with zero attached hydrogens (tertiary/aromatic N) is 1. The molecule has 0 radical (unpaired) electrons. The van der Waals surface area contributed by atoms with E-state index in [1.807, 2.05) is 0 Å². The van der Waals surface area contributed by atoms with E-state index in [0.717, 1.165) is 32.5 Å². The molecule has 0 aliphatic carbocycles. The third-order valence-electron chi connectivity index (χ3n) is 4.89. The van der Waals surface area contributed by atoms with Crippen molar-refractivity contribution in [2.45, 2.75) is 82.9 Å². The Labute approximate surface area is 146 Å².